The molecule has 1 amide bonds. The van der Waals surface area contributed by atoms with Crippen LogP contribution in [0.1, 0.15) is 11.1 Å². The second-order valence-corrected chi connectivity index (χ2v) is 9.18. The number of rotatable bonds is 5. The number of benzene rings is 2. The molecule has 0 bridgehead atoms. The molecule has 0 spiro atoms. The van der Waals surface area contributed by atoms with Crippen LogP contribution in [0.2, 0.25) is 0 Å². The minimum atomic E-state index is -3.51. The quantitative estimate of drug-likeness (QED) is 0.687. The number of hydrogen-bond donors (Lipinski definition) is 1. The zero-order chi connectivity index (χ0) is 20.1. The van der Waals surface area contributed by atoms with Crippen LogP contribution in [0.4, 0.5) is 5.69 Å². The number of morpholine rings is 1. The smallest absolute Gasteiger partial charge is 0.248 e. The minimum absolute atomic E-state index is 0.236. The van der Waals surface area contributed by atoms with Gasteiger partial charge in [-0.25, -0.2) is 8.42 Å². The molecule has 1 aliphatic rings. The molecule has 0 aromatic heterocycles. The summed E-state index contributed by atoms with van der Waals surface area (Å²) >= 11 is 3.42. The second-order valence-electron chi connectivity index (χ2n) is 6.39. The first-order chi connectivity index (χ1) is 13.4. The highest BCUT2D eigenvalue weighted by atomic mass is 79.9. The van der Waals surface area contributed by atoms with E-state index in [1.54, 1.807) is 30.3 Å². The van der Waals surface area contributed by atoms with Crippen molar-refractivity contribution in [2.45, 2.75) is 11.8 Å². The molecule has 1 heterocycles. The zero-order valence-corrected chi connectivity index (χ0v) is 17.8. The molecule has 1 fully saturated rings. The maximum Gasteiger partial charge on any atom is 0.248 e. The molecule has 1 aliphatic heterocycles. The molecule has 1 saturated heterocycles. The topological polar surface area (TPSA) is 75.7 Å². The predicted octanol–water partition coefficient (Wildman–Crippen LogP) is 3.43. The summed E-state index contributed by atoms with van der Waals surface area (Å²) < 4.78 is 32.7. The van der Waals surface area contributed by atoms with Gasteiger partial charge >= 0.3 is 0 Å². The normalized spacial score (nSPS) is 15.6. The molecule has 148 valence electrons. The SMILES string of the molecule is Cc1ccc(NC(=O)C=Cc2ccc(S(=O)(=O)N3CCOCC3)cc2)c(Br)c1. The third-order valence-electron chi connectivity index (χ3n) is 4.30. The lowest BCUT2D eigenvalue weighted by molar-refractivity contribution is -0.111. The van der Waals surface area contributed by atoms with Gasteiger partial charge in [0.1, 0.15) is 0 Å². The van der Waals surface area contributed by atoms with Crippen molar-refractivity contribution in [3.8, 4) is 0 Å². The summed E-state index contributed by atoms with van der Waals surface area (Å²) in [6.07, 6.45) is 3.06. The van der Waals surface area contributed by atoms with Gasteiger partial charge < -0.3 is 10.1 Å². The monoisotopic (exact) mass is 464 g/mol. The van der Waals surface area contributed by atoms with Crippen LogP contribution in [0, 0.1) is 6.92 Å². The van der Waals surface area contributed by atoms with E-state index < -0.39 is 10.0 Å². The van der Waals surface area contributed by atoms with Crippen LogP contribution >= 0.6 is 15.9 Å². The number of halogens is 1. The highest BCUT2D eigenvalue weighted by Gasteiger charge is 2.25. The fourth-order valence-electron chi connectivity index (χ4n) is 2.75. The van der Waals surface area contributed by atoms with Gasteiger partial charge in [-0.15, -0.1) is 0 Å². The molecule has 0 aliphatic carbocycles. The van der Waals surface area contributed by atoms with E-state index in [0.29, 0.717) is 32.0 Å². The molecular weight excluding hydrogens is 444 g/mol. The van der Waals surface area contributed by atoms with Crippen molar-refractivity contribution in [3.05, 3.63) is 64.1 Å². The third-order valence-corrected chi connectivity index (χ3v) is 6.87. The van der Waals surface area contributed by atoms with E-state index in [9.17, 15) is 13.2 Å². The lowest BCUT2D eigenvalue weighted by atomic mass is 10.2. The molecule has 0 radical (unpaired) electrons. The Morgan fingerprint density at radius 2 is 1.82 bits per heavy atom. The van der Waals surface area contributed by atoms with Crippen LogP contribution in [0.15, 0.2) is 57.9 Å². The maximum absolute atomic E-state index is 12.6. The largest absolute Gasteiger partial charge is 0.379 e. The van der Waals surface area contributed by atoms with Gasteiger partial charge in [-0.3, -0.25) is 4.79 Å². The van der Waals surface area contributed by atoms with E-state index >= 15 is 0 Å². The number of nitrogens with zero attached hydrogens (tertiary/aromatic N) is 1. The van der Waals surface area contributed by atoms with E-state index in [4.69, 9.17) is 4.74 Å². The molecule has 0 saturated carbocycles. The van der Waals surface area contributed by atoms with Crippen molar-refractivity contribution < 1.29 is 17.9 Å². The lowest BCUT2D eigenvalue weighted by Gasteiger charge is -2.26. The molecule has 0 unspecified atom stereocenters. The lowest BCUT2D eigenvalue weighted by Crippen LogP contribution is -2.40. The predicted molar refractivity (Wildman–Crippen MR) is 113 cm³/mol. The summed E-state index contributed by atoms with van der Waals surface area (Å²) in [7, 11) is -3.51. The number of carbonyl (C=O) groups excluding carboxylic acids is 1. The van der Waals surface area contributed by atoms with Crippen molar-refractivity contribution in [2.75, 3.05) is 31.6 Å². The Morgan fingerprint density at radius 1 is 1.14 bits per heavy atom. The molecule has 1 N–H and O–H groups in total. The molecule has 8 heteroatoms. The Bertz CT molecular complexity index is 982. The van der Waals surface area contributed by atoms with Gasteiger partial charge in [-0.2, -0.15) is 4.31 Å². The van der Waals surface area contributed by atoms with Gasteiger partial charge in [0.15, 0.2) is 0 Å². The highest BCUT2D eigenvalue weighted by Crippen LogP contribution is 2.23. The average Bonchev–Trinajstić information content (AvgIpc) is 2.69. The first-order valence-corrected chi connectivity index (χ1v) is 11.0. The Balaban J connectivity index is 1.65. The third kappa shape index (κ3) is 5.08. The van der Waals surface area contributed by atoms with Gasteiger partial charge in [0, 0.05) is 23.6 Å². The molecule has 2 aromatic rings. The first kappa shape index (κ1) is 20.7. The highest BCUT2D eigenvalue weighted by molar-refractivity contribution is 9.10. The molecule has 0 atom stereocenters. The van der Waals surface area contributed by atoms with Crippen LogP contribution in [0.5, 0.6) is 0 Å². The van der Waals surface area contributed by atoms with Crippen molar-refractivity contribution in [1.29, 1.82) is 0 Å². The van der Waals surface area contributed by atoms with Gasteiger partial charge in [-0.1, -0.05) is 18.2 Å². The Hall–Kier alpha value is -2.00. The van der Waals surface area contributed by atoms with Crippen molar-refractivity contribution in [2.24, 2.45) is 0 Å². The van der Waals surface area contributed by atoms with E-state index in [0.717, 1.165) is 15.6 Å². The van der Waals surface area contributed by atoms with Crippen molar-refractivity contribution in [1.82, 2.24) is 4.31 Å². The Kier molecular flexibility index (Phi) is 6.66. The van der Waals surface area contributed by atoms with E-state index in [-0.39, 0.29) is 10.8 Å². The number of ether oxygens (including phenoxy) is 1. The molecule has 2 aromatic carbocycles. The number of aryl methyl sites for hydroxylation is 1. The standard InChI is InChI=1S/C20H21BrN2O4S/c1-15-2-8-19(18(21)14-15)22-20(24)9-5-16-3-6-17(7-4-16)28(25,26)23-10-12-27-13-11-23/h2-9,14H,10-13H2,1H3,(H,22,24). The molecule has 28 heavy (non-hydrogen) atoms. The first-order valence-electron chi connectivity index (χ1n) is 8.79. The van der Waals surface area contributed by atoms with Crippen LogP contribution in [-0.4, -0.2) is 44.9 Å². The van der Waals surface area contributed by atoms with E-state index in [1.807, 2.05) is 25.1 Å². The Labute approximate surface area is 173 Å². The molecule has 3 rings (SSSR count). The summed E-state index contributed by atoms with van der Waals surface area (Å²) in [6, 6.07) is 12.1. The summed E-state index contributed by atoms with van der Waals surface area (Å²) in [6.45, 7) is 3.51. The fourth-order valence-corrected chi connectivity index (χ4v) is 4.76. The molecule has 6 nitrogen and oxygen atoms in total. The number of nitrogens with one attached hydrogen (secondary N) is 1. The van der Waals surface area contributed by atoms with Gasteiger partial charge in [0.25, 0.3) is 0 Å². The molecular formula is C20H21BrN2O4S. The van der Waals surface area contributed by atoms with Crippen LogP contribution in [-0.2, 0) is 19.6 Å². The van der Waals surface area contributed by atoms with E-state index in [2.05, 4.69) is 21.2 Å². The number of carbonyl (C=O) groups is 1. The van der Waals surface area contributed by atoms with Gasteiger partial charge in [0.05, 0.1) is 23.8 Å². The number of anilines is 1. The number of amides is 1. The van der Waals surface area contributed by atoms with Gasteiger partial charge in [-0.05, 0) is 64.3 Å². The van der Waals surface area contributed by atoms with E-state index in [1.165, 1.54) is 10.4 Å². The Morgan fingerprint density at radius 3 is 2.46 bits per heavy atom. The van der Waals surface area contributed by atoms with Crippen LogP contribution in [0.25, 0.3) is 6.08 Å². The second kappa shape index (κ2) is 9.00. The number of hydrogen-bond acceptors (Lipinski definition) is 4. The minimum Gasteiger partial charge on any atom is -0.379 e. The number of sulfonamides is 1. The summed E-state index contributed by atoms with van der Waals surface area (Å²) in [5, 5.41) is 2.80. The average molecular weight is 465 g/mol. The van der Waals surface area contributed by atoms with Crippen LogP contribution in [0.3, 0.4) is 0 Å². The summed E-state index contributed by atoms with van der Waals surface area (Å²) in [4.78, 5) is 12.4. The van der Waals surface area contributed by atoms with Crippen molar-refractivity contribution >= 4 is 43.6 Å². The summed E-state index contributed by atoms with van der Waals surface area (Å²) in [5.41, 5.74) is 2.51. The van der Waals surface area contributed by atoms with Gasteiger partial charge in [0.2, 0.25) is 15.9 Å². The fraction of sp³-hybridized carbons (Fsp3) is 0.250. The van der Waals surface area contributed by atoms with Crippen LogP contribution < -0.4 is 5.32 Å². The summed E-state index contributed by atoms with van der Waals surface area (Å²) in [5.74, 6) is -0.269. The van der Waals surface area contributed by atoms with Crippen molar-refractivity contribution in [3.63, 3.8) is 0 Å². The maximum atomic E-state index is 12.6. The zero-order valence-electron chi connectivity index (χ0n) is 15.4.